The zero-order valence-electron chi connectivity index (χ0n) is 13.0. The highest BCUT2D eigenvalue weighted by Gasteiger charge is 2.16. The van der Waals surface area contributed by atoms with E-state index in [4.69, 9.17) is 16.3 Å². The third-order valence-corrected chi connectivity index (χ3v) is 6.74. The monoisotopic (exact) mass is 379 g/mol. The maximum absolute atomic E-state index is 11.9. The number of amides is 1. The lowest BCUT2D eigenvalue weighted by Gasteiger charge is -2.21. The fraction of sp³-hybridized carbons (Fsp3) is 0.278. The Morgan fingerprint density at radius 1 is 1.08 bits per heavy atom. The van der Waals surface area contributed by atoms with Crippen molar-refractivity contribution in [3.8, 4) is 5.75 Å². The van der Waals surface area contributed by atoms with Crippen LogP contribution in [0.2, 0.25) is 5.02 Å². The molecular formula is C18H18ClNO2S2. The van der Waals surface area contributed by atoms with Crippen LogP contribution in [0.5, 0.6) is 5.75 Å². The summed E-state index contributed by atoms with van der Waals surface area (Å²) in [4.78, 5) is 11.9. The number of nitrogens with one attached hydrogen (secondary N) is 1. The van der Waals surface area contributed by atoms with Crippen molar-refractivity contribution in [3.63, 3.8) is 0 Å². The smallest absolute Gasteiger partial charge is 0.262 e. The Hall–Kier alpha value is -1.30. The van der Waals surface area contributed by atoms with Gasteiger partial charge in [0.05, 0.1) is 4.58 Å². The van der Waals surface area contributed by atoms with Crippen LogP contribution in [0.25, 0.3) is 0 Å². The maximum atomic E-state index is 11.9. The van der Waals surface area contributed by atoms with Gasteiger partial charge < -0.3 is 10.1 Å². The number of carbonyl (C=O) groups excluding carboxylic acids is 1. The normalized spacial score (nSPS) is 15.0. The average molecular weight is 380 g/mol. The van der Waals surface area contributed by atoms with Crippen LogP contribution in [-0.4, -0.2) is 24.0 Å². The van der Waals surface area contributed by atoms with E-state index in [1.165, 1.54) is 23.5 Å². The topological polar surface area (TPSA) is 38.3 Å². The number of hydrogen-bond donors (Lipinski definition) is 1. The van der Waals surface area contributed by atoms with Crippen LogP contribution >= 0.6 is 35.1 Å². The fourth-order valence-electron chi connectivity index (χ4n) is 2.28. The molecule has 0 spiro atoms. The van der Waals surface area contributed by atoms with Crippen molar-refractivity contribution in [2.45, 2.75) is 11.0 Å². The molecule has 2 aromatic carbocycles. The van der Waals surface area contributed by atoms with E-state index in [-0.39, 0.29) is 12.5 Å². The van der Waals surface area contributed by atoms with E-state index in [2.05, 4.69) is 17.4 Å². The Kier molecular flexibility index (Phi) is 6.35. The largest absolute Gasteiger partial charge is 0.484 e. The van der Waals surface area contributed by atoms with Crippen LogP contribution in [0.1, 0.15) is 16.6 Å². The Bertz CT molecular complexity index is 670. The van der Waals surface area contributed by atoms with Crippen molar-refractivity contribution in [2.24, 2.45) is 0 Å². The third kappa shape index (κ3) is 5.10. The molecule has 3 rings (SSSR count). The first-order valence-corrected chi connectivity index (χ1v) is 10.2. The highest BCUT2D eigenvalue weighted by molar-refractivity contribution is 8.16. The van der Waals surface area contributed by atoms with Crippen LogP contribution < -0.4 is 10.1 Å². The summed E-state index contributed by atoms with van der Waals surface area (Å²) in [7, 11) is 0. The molecule has 0 radical (unpaired) electrons. The van der Waals surface area contributed by atoms with Gasteiger partial charge in [0.2, 0.25) is 0 Å². The lowest BCUT2D eigenvalue weighted by atomic mass is 10.2. The molecule has 0 unspecified atom stereocenters. The second-order valence-corrected chi connectivity index (χ2v) is 8.50. The van der Waals surface area contributed by atoms with Crippen molar-refractivity contribution < 1.29 is 9.53 Å². The molecule has 0 atom stereocenters. The summed E-state index contributed by atoms with van der Waals surface area (Å²) in [6.45, 7) is -0.0189. The summed E-state index contributed by atoms with van der Waals surface area (Å²) in [6.07, 6.45) is 1.29. The van der Waals surface area contributed by atoms with Gasteiger partial charge in [0.15, 0.2) is 6.61 Å². The van der Waals surface area contributed by atoms with Gasteiger partial charge in [-0.3, -0.25) is 4.79 Å². The Morgan fingerprint density at radius 3 is 2.42 bits per heavy atom. The molecule has 0 saturated carbocycles. The number of ether oxygens (including phenoxy) is 1. The van der Waals surface area contributed by atoms with Crippen LogP contribution in [0.4, 0.5) is 5.69 Å². The molecule has 1 amide bonds. The number of rotatable bonds is 5. The predicted octanol–water partition coefficient (Wildman–Crippen LogP) is 5.23. The number of halogens is 1. The summed E-state index contributed by atoms with van der Waals surface area (Å²) < 4.78 is 6.07. The first-order chi connectivity index (χ1) is 11.7. The molecule has 1 N–H and O–H groups in total. The van der Waals surface area contributed by atoms with Crippen LogP contribution in [0.3, 0.4) is 0 Å². The highest BCUT2D eigenvalue weighted by atomic mass is 35.5. The summed E-state index contributed by atoms with van der Waals surface area (Å²) in [5, 5.41) is 3.41. The Labute approximate surface area is 155 Å². The van der Waals surface area contributed by atoms with Crippen molar-refractivity contribution in [3.05, 3.63) is 59.1 Å². The lowest BCUT2D eigenvalue weighted by molar-refractivity contribution is -0.118. The van der Waals surface area contributed by atoms with Crippen molar-refractivity contribution in [2.75, 3.05) is 23.4 Å². The molecule has 1 aliphatic rings. The van der Waals surface area contributed by atoms with Gasteiger partial charge in [-0.2, -0.15) is 0 Å². The van der Waals surface area contributed by atoms with Crippen molar-refractivity contribution in [1.82, 2.24) is 0 Å². The van der Waals surface area contributed by atoms with Gasteiger partial charge in [0, 0.05) is 10.7 Å². The molecule has 0 aliphatic carbocycles. The van der Waals surface area contributed by atoms with Gasteiger partial charge in [0.1, 0.15) is 5.75 Å². The predicted molar refractivity (Wildman–Crippen MR) is 104 cm³/mol. The van der Waals surface area contributed by atoms with E-state index in [0.29, 0.717) is 21.0 Å². The molecule has 2 aromatic rings. The molecule has 24 heavy (non-hydrogen) atoms. The van der Waals surface area contributed by atoms with Gasteiger partial charge >= 0.3 is 0 Å². The number of thioether (sulfide) groups is 2. The Balaban J connectivity index is 1.49. The molecule has 126 valence electrons. The zero-order chi connectivity index (χ0) is 16.8. The molecule has 0 aromatic heterocycles. The quantitative estimate of drug-likeness (QED) is 0.772. The zero-order valence-corrected chi connectivity index (χ0v) is 15.4. The molecule has 1 heterocycles. The first kappa shape index (κ1) is 17.5. The summed E-state index contributed by atoms with van der Waals surface area (Å²) in [6, 6.07) is 15.0. The standard InChI is InChI=1S/C18H18ClNO2S2/c19-14-4-6-15(7-5-14)20-17(21)12-22-16-8-2-13(3-9-16)18-23-10-1-11-24-18/h2-9,18H,1,10-12H2,(H,20,21). The summed E-state index contributed by atoms with van der Waals surface area (Å²) in [5.74, 6) is 2.96. The maximum Gasteiger partial charge on any atom is 0.262 e. The second kappa shape index (κ2) is 8.70. The van der Waals surface area contributed by atoms with Gasteiger partial charge in [0.25, 0.3) is 5.91 Å². The van der Waals surface area contributed by atoms with E-state index >= 15 is 0 Å². The molecule has 1 fully saturated rings. The minimum Gasteiger partial charge on any atom is -0.484 e. The van der Waals surface area contributed by atoms with Crippen molar-refractivity contribution >= 4 is 46.7 Å². The van der Waals surface area contributed by atoms with Crippen LogP contribution in [0, 0.1) is 0 Å². The summed E-state index contributed by atoms with van der Waals surface area (Å²) >= 11 is 9.80. The number of carbonyl (C=O) groups is 1. The van der Waals surface area contributed by atoms with Gasteiger partial charge in [-0.05, 0) is 59.9 Å². The summed E-state index contributed by atoms with van der Waals surface area (Å²) in [5.41, 5.74) is 2.01. The molecule has 0 bridgehead atoms. The minimum atomic E-state index is -0.195. The molecule has 1 saturated heterocycles. The molecule has 6 heteroatoms. The van der Waals surface area contributed by atoms with Gasteiger partial charge in [-0.1, -0.05) is 23.7 Å². The number of hydrogen-bond acceptors (Lipinski definition) is 4. The highest BCUT2D eigenvalue weighted by Crippen LogP contribution is 2.43. The van der Waals surface area contributed by atoms with Gasteiger partial charge in [-0.15, -0.1) is 23.5 Å². The van der Waals surface area contributed by atoms with Gasteiger partial charge in [-0.25, -0.2) is 0 Å². The molecular weight excluding hydrogens is 362 g/mol. The van der Waals surface area contributed by atoms with Crippen LogP contribution in [0.15, 0.2) is 48.5 Å². The third-order valence-electron chi connectivity index (χ3n) is 3.48. The van der Waals surface area contributed by atoms with E-state index in [1.807, 2.05) is 35.7 Å². The Morgan fingerprint density at radius 2 is 1.75 bits per heavy atom. The lowest BCUT2D eigenvalue weighted by Crippen LogP contribution is -2.20. The second-order valence-electron chi connectivity index (χ2n) is 5.34. The SMILES string of the molecule is O=C(COc1ccc(C2SCCCS2)cc1)Nc1ccc(Cl)cc1. The number of anilines is 1. The molecule has 1 aliphatic heterocycles. The molecule has 3 nitrogen and oxygen atoms in total. The van der Waals surface area contributed by atoms with E-state index in [1.54, 1.807) is 24.3 Å². The fourth-order valence-corrected chi connectivity index (χ4v) is 5.30. The van der Waals surface area contributed by atoms with E-state index in [0.717, 1.165) is 0 Å². The van der Waals surface area contributed by atoms with Crippen molar-refractivity contribution in [1.29, 1.82) is 0 Å². The van der Waals surface area contributed by atoms with Crippen LogP contribution in [-0.2, 0) is 4.79 Å². The minimum absolute atomic E-state index is 0.0189. The van der Waals surface area contributed by atoms with E-state index < -0.39 is 0 Å². The average Bonchev–Trinajstić information content (AvgIpc) is 2.63. The first-order valence-electron chi connectivity index (χ1n) is 7.72. The number of benzene rings is 2. The van der Waals surface area contributed by atoms with E-state index in [9.17, 15) is 4.79 Å².